The summed E-state index contributed by atoms with van der Waals surface area (Å²) in [6.07, 6.45) is 0. The first-order valence-corrected chi connectivity index (χ1v) is 7.82. The Morgan fingerprint density at radius 3 is 1.75 bits per heavy atom. The third kappa shape index (κ3) is 1.46. The van der Waals surface area contributed by atoms with Crippen LogP contribution in [0.3, 0.4) is 0 Å². The van der Waals surface area contributed by atoms with Crippen LogP contribution in [0.15, 0.2) is 0 Å². The van der Waals surface area contributed by atoms with E-state index in [9.17, 15) is 0 Å². The standard InChI is InChI=1S/C9H18N2Si/c1-7-8(2)10-11(9(7)3)12(4,5)6/h1-6H3. The first-order valence-electron chi connectivity index (χ1n) is 4.37. The molecule has 2 nitrogen and oxygen atoms in total. The number of aryl methyl sites for hydroxylation is 1. The molecule has 0 bridgehead atoms. The number of aromatic nitrogens is 2. The molecule has 0 aliphatic heterocycles. The molecule has 0 amide bonds. The topological polar surface area (TPSA) is 17.8 Å². The Labute approximate surface area is 75.7 Å². The first-order chi connectivity index (χ1) is 5.34. The van der Waals surface area contributed by atoms with E-state index in [1.54, 1.807) is 0 Å². The van der Waals surface area contributed by atoms with Gasteiger partial charge in [0.1, 0.15) is 0 Å². The third-order valence-electron chi connectivity index (χ3n) is 2.29. The largest absolute Gasteiger partial charge is 0.299 e. The summed E-state index contributed by atoms with van der Waals surface area (Å²) < 4.78 is 2.23. The molecule has 68 valence electrons. The van der Waals surface area contributed by atoms with E-state index in [-0.39, 0.29) is 0 Å². The van der Waals surface area contributed by atoms with Gasteiger partial charge in [0.15, 0.2) is 8.24 Å². The summed E-state index contributed by atoms with van der Waals surface area (Å²) in [5.41, 5.74) is 3.86. The zero-order valence-corrected chi connectivity index (χ0v) is 9.89. The highest BCUT2D eigenvalue weighted by Gasteiger charge is 2.21. The van der Waals surface area contributed by atoms with E-state index in [1.165, 1.54) is 17.0 Å². The van der Waals surface area contributed by atoms with Gasteiger partial charge in [0.2, 0.25) is 0 Å². The van der Waals surface area contributed by atoms with Gasteiger partial charge in [0.05, 0.1) is 5.69 Å². The van der Waals surface area contributed by atoms with Crippen molar-refractivity contribution in [2.45, 2.75) is 40.4 Å². The van der Waals surface area contributed by atoms with E-state index in [0.717, 1.165) is 0 Å². The van der Waals surface area contributed by atoms with Crippen LogP contribution in [0.1, 0.15) is 17.0 Å². The minimum absolute atomic E-state index is 1.18. The fourth-order valence-electron chi connectivity index (χ4n) is 1.37. The molecular weight excluding hydrogens is 164 g/mol. The Balaban J connectivity index is 3.28. The second-order valence-electron chi connectivity index (χ2n) is 4.38. The molecule has 1 aromatic rings. The van der Waals surface area contributed by atoms with Gasteiger partial charge >= 0.3 is 0 Å². The van der Waals surface area contributed by atoms with E-state index in [1.807, 2.05) is 0 Å². The molecule has 0 saturated heterocycles. The van der Waals surface area contributed by atoms with E-state index in [2.05, 4.69) is 49.9 Å². The van der Waals surface area contributed by atoms with Crippen molar-refractivity contribution < 1.29 is 0 Å². The molecule has 1 heterocycles. The molecule has 3 heteroatoms. The van der Waals surface area contributed by atoms with Gasteiger partial charge in [0.25, 0.3) is 0 Å². The van der Waals surface area contributed by atoms with Gasteiger partial charge < -0.3 is 0 Å². The van der Waals surface area contributed by atoms with Crippen molar-refractivity contribution in [2.24, 2.45) is 0 Å². The molecule has 0 fully saturated rings. The van der Waals surface area contributed by atoms with Crippen LogP contribution < -0.4 is 0 Å². The normalized spacial score (nSPS) is 12.2. The highest BCUT2D eigenvalue weighted by molar-refractivity contribution is 6.74. The van der Waals surface area contributed by atoms with Crippen molar-refractivity contribution >= 4 is 8.24 Å². The number of rotatable bonds is 1. The predicted octanol–water partition coefficient (Wildman–Crippen LogP) is 2.49. The van der Waals surface area contributed by atoms with Gasteiger partial charge in [0, 0.05) is 5.69 Å². The zero-order chi connectivity index (χ0) is 9.52. The van der Waals surface area contributed by atoms with Crippen LogP contribution in [-0.2, 0) is 0 Å². The summed E-state index contributed by atoms with van der Waals surface area (Å²) in [5.74, 6) is 0. The van der Waals surface area contributed by atoms with Gasteiger partial charge in [-0.2, -0.15) is 5.10 Å². The molecule has 0 spiro atoms. The molecule has 1 rings (SSSR count). The Morgan fingerprint density at radius 2 is 1.58 bits per heavy atom. The van der Waals surface area contributed by atoms with E-state index < -0.39 is 8.24 Å². The van der Waals surface area contributed by atoms with Crippen LogP contribution in [0.5, 0.6) is 0 Å². The maximum Gasteiger partial charge on any atom is 0.176 e. The van der Waals surface area contributed by atoms with Crippen molar-refractivity contribution in [2.75, 3.05) is 0 Å². The molecule has 0 N–H and O–H groups in total. The fourth-order valence-corrected chi connectivity index (χ4v) is 3.00. The Hall–Kier alpha value is -0.573. The second kappa shape index (κ2) is 2.73. The van der Waals surface area contributed by atoms with Gasteiger partial charge in [-0.15, -0.1) is 0 Å². The summed E-state index contributed by atoms with van der Waals surface area (Å²) in [5, 5.41) is 4.56. The molecule has 0 radical (unpaired) electrons. The van der Waals surface area contributed by atoms with Crippen LogP contribution >= 0.6 is 0 Å². The summed E-state index contributed by atoms with van der Waals surface area (Å²) in [6, 6.07) is 0. The van der Waals surface area contributed by atoms with Gasteiger partial charge in [-0.3, -0.25) is 4.35 Å². The lowest BCUT2D eigenvalue weighted by molar-refractivity contribution is 0.881. The summed E-state index contributed by atoms with van der Waals surface area (Å²) in [6.45, 7) is 13.3. The monoisotopic (exact) mass is 182 g/mol. The average Bonchev–Trinajstić information content (AvgIpc) is 2.15. The van der Waals surface area contributed by atoms with Crippen molar-refractivity contribution in [3.63, 3.8) is 0 Å². The summed E-state index contributed by atoms with van der Waals surface area (Å²) in [7, 11) is -1.28. The van der Waals surface area contributed by atoms with Crippen molar-refractivity contribution in [1.82, 2.24) is 9.45 Å². The Bertz CT molecular complexity index is 294. The molecule has 0 atom stereocenters. The Kier molecular flexibility index (Phi) is 2.16. The van der Waals surface area contributed by atoms with Gasteiger partial charge in [-0.1, -0.05) is 0 Å². The first kappa shape index (κ1) is 9.51. The summed E-state index contributed by atoms with van der Waals surface area (Å²) >= 11 is 0. The molecule has 1 aromatic heterocycles. The Morgan fingerprint density at radius 1 is 1.08 bits per heavy atom. The van der Waals surface area contributed by atoms with Crippen molar-refractivity contribution in [3.8, 4) is 0 Å². The molecule has 0 aliphatic carbocycles. The number of hydrogen-bond donors (Lipinski definition) is 0. The number of nitrogens with zero attached hydrogens (tertiary/aromatic N) is 2. The lowest BCUT2D eigenvalue weighted by Crippen LogP contribution is -2.34. The zero-order valence-electron chi connectivity index (χ0n) is 8.89. The smallest absolute Gasteiger partial charge is 0.176 e. The van der Waals surface area contributed by atoms with E-state index in [4.69, 9.17) is 0 Å². The molecule has 0 unspecified atom stereocenters. The fraction of sp³-hybridized carbons (Fsp3) is 0.667. The predicted molar refractivity (Wildman–Crippen MR) is 55.2 cm³/mol. The van der Waals surface area contributed by atoms with Crippen LogP contribution in [0.4, 0.5) is 0 Å². The maximum atomic E-state index is 4.56. The molecular formula is C9H18N2Si. The third-order valence-corrected chi connectivity index (χ3v) is 3.99. The van der Waals surface area contributed by atoms with E-state index in [0.29, 0.717) is 0 Å². The highest BCUT2D eigenvalue weighted by Crippen LogP contribution is 2.15. The lowest BCUT2D eigenvalue weighted by atomic mass is 10.2. The number of hydrogen-bond acceptors (Lipinski definition) is 1. The van der Waals surface area contributed by atoms with Crippen LogP contribution in [-0.4, -0.2) is 17.7 Å². The molecule has 0 saturated carbocycles. The van der Waals surface area contributed by atoms with Gasteiger partial charge in [-0.25, -0.2) is 0 Å². The molecule has 12 heavy (non-hydrogen) atoms. The average molecular weight is 182 g/mol. The van der Waals surface area contributed by atoms with Crippen LogP contribution in [0.25, 0.3) is 0 Å². The van der Waals surface area contributed by atoms with Crippen molar-refractivity contribution in [3.05, 3.63) is 17.0 Å². The second-order valence-corrected chi connectivity index (χ2v) is 9.14. The minimum atomic E-state index is -1.28. The van der Waals surface area contributed by atoms with Crippen LogP contribution in [0.2, 0.25) is 19.6 Å². The maximum absolute atomic E-state index is 4.56. The highest BCUT2D eigenvalue weighted by atomic mass is 28.3. The SMILES string of the molecule is Cc1nn([Si](C)(C)C)c(C)c1C. The van der Waals surface area contributed by atoms with Crippen molar-refractivity contribution in [1.29, 1.82) is 0 Å². The summed E-state index contributed by atoms with van der Waals surface area (Å²) in [4.78, 5) is 0. The minimum Gasteiger partial charge on any atom is -0.299 e. The van der Waals surface area contributed by atoms with E-state index >= 15 is 0 Å². The quantitative estimate of drug-likeness (QED) is 0.610. The molecule has 0 aromatic carbocycles. The molecule has 0 aliphatic rings. The lowest BCUT2D eigenvalue weighted by Gasteiger charge is -2.18. The van der Waals surface area contributed by atoms with Crippen LogP contribution in [0, 0.1) is 20.8 Å². The van der Waals surface area contributed by atoms with Gasteiger partial charge in [-0.05, 0) is 46.0 Å².